The minimum atomic E-state index is 0.106. The van der Waals surface area contributed by atoms with Gasteiger partial charge in [-0.15, -0.1) is 0 Å². The second kappa shape index (κ2) is 9.35. The molecule has 0 unspecified atom stereocenters. The van der Waals surface area contributed by atoms with Crippen LogP contribution in [-0.4, -0.2) is 60.0 Å². The summed E-state index contributed by atoms with van der Waals surface area (Å²) in [5.41, 5.74) is 0.731. The van der Waals surface area contributed by atoms with E-state index in [1.165, 1.54) is 0 Å². The molecule has 144 valence electrons. The average molecular weight is 367 g/mol. The lowest BCUT2D eigenvalue weighted by Crippen LogP contribution is -2.47. The zero-order chi connectivity index (χ0) is 19.1. The molecule has 6 nitrogen and oxygen atoms in total. The quantitative estimate of drug-likeness (QED) is 0.753. The number of carbonyl (C=O) groups excluding carboxylic acids is 1. The molecule has 6 heteroatoms. The molecule has 0 N–H and O–H groups in total. The normalized spacial score (nSPS) is 14.3. The van der Waals surface area contributed by atoms with Crippen LogP contribution in [0.4, 0.5) is 11.6 Å². The average Bonchev–Trinajstić information content (AvgIpc) is 2.74. The van der Waals surface area contributed by atoms with Gasteiger partial charge in [0.25, 0.3) is 5.91 Å². The van der Waals surface area contributed by atoms with E-state index in [4.69, 9.17) is 0 Å². The molecule has 1 amide bonds. The first-order valence-electron chi connectivity index (χ1n) is 9.89. The summed E-state index contributed by atoms with van der Waals surface area (Å²) in [5.74, 6) is 2.01. The Morgan fingerprint density at radius 2 is 1.56 bits per heavy atom. The van der Waals surface area contributed by atoms with E-state index in [1.54, 1.807) is 6.20 Å². The van der Waals surface area contributed by atoms with Crippen LogP contribution in [0.25, 0.3) is 0 Å². The minimum Gasteiger partial charge on any atom is -0.353 e. The first kappa shape index (κ1) is 19.1. The van der Waals surface area contributed by atoms with E-state index < -0.39 is 0 Å². The molecule has 27 heavy (non-hydrogen) atoms. The van der Waals surface area contributed by atoms with E-state index in [9.17, 15) is 4.79 Å². The van der Waals surface area contributed by atoms with Crippen LogP contribution in [0, 0.1) is 0 Å². The van der Waals surface area contributed by atoms with Crippen molar-refractivity contribution < 1.29 is 4.79 Å². The minimum absolute atomic E-state index is 0.106. The third kappa shape index (κ3) is 4.76. The largest absolute Gasteiger partial charge is 0.353 e. The van der Waals surface area contributed by atoms with Crippen LogP contribution in [-0.2, 0) is 0 Å². The maximum absolute atomic E-state index is 12.9. The lowest BCUT2D eigenvalue weighted by molar-refractivity contribution is 0.0755. The predicted molar refractivity (Wildman–Crippen MR) is 109 cm³/mol. The van der Waals surface area contributed by atoms with E-state index in [1.807, 2.05) is 41.4 Å². The Kier molecular flexibility index (Phi) is 6.63. The highest BCUT2D eigenvalue weighted by Gasteiger charge is 2.21. The van der Waals surface area contributed by atoms with Crippen molar-refractivity contribution in [1.29, 1.82) is 0 Å². The zero-order valence-corrected chi connectivity index (χ0v) is 16.3. The maximum atomic E-state index is 12.9. The molecule has 0 aromatic carbocycles. The molecule has 1 aliphatic heterocycles. The molecule has 0 bridgehead atoms. The summed E-state index contributed by atoms with van der Waals surface area (Å²) in [5, 5.41) is 0. The van der Waals surface area contributed by atoms with Crippen LogP contribution in [0.15, 0.2) is 42.7 Å². The molecule has 0 atom stereocenters. The van der Waals surface area contributed by atoms with Gasteiger partial charge < -0.3 is 14.7 Å². The maximum Gasteiger partial charge on any atom is 0.254 e. The predicted octanol–water partition coefficient (Wildman–Crippen LogP) is 3.07. The van der Waals surface area contributed by atoms with Crippen molar-refractivity contribution in [1.82, 2.24) is 14.9 Å². The number of amides is 1. The number of pyridine rings is 2. The third-order valence-electron chi connectivity index (χ3n) is 4.84. The fourth-order valence-electron chi connectivity index (χ4n) is 3.47. The summed E-state index contributed by atoms with van der Waals surface area (Å²) in [4.78, 5) is 28.3. The molecule has 0 radical (unpaired) electrons. The van der Waals surface area contributed by atoms with E-state index in [2.05, 4.69) is 33.6 Å². The van der Waals surface area contributed by atoms with E-state index in [-0.39, 0.29) is 5.91 Å². The molecule has 0 aliphatic carbocycles. The van der Waals surface area contributed by atoms with Crippen molar-refractivity contribution in [2.24, 2.45) is 0 Å². The Labute approximate surface area is 161 Å². The van der Waals surface area contributed by atoms with Gasteiger partial charge in [-0.3, -0.25) is 4.79 Å². The third-order valence-corrected chi connectivity index (χ3v) is 4.84. The van der Waals surface area contributed by atoms with E-state index in [0.29, 0.717) is 0 Å². The summed E-state index contributed by atoms with van der Waals surface area (Å²) in [6, 6.07) is 9.77. The first-order valence-corrected chi connectivity index (χ1v) is 9.89. The fourth-order valence-corrected chi connectivity index (χ4v) is 3.47. The molecule has 1 aliphatic rings. The van der Waals surface area contributed by atoms with Crippen LogP contribution in [0.2, 0.25) is 0 Å². The van der Waals surface area contributed by atoms with Gasteiger partial charge in [0.15, 0.2) is 0 Å². The monoisotopic (exact) mass is 367 g/mol. The van der Waals surface area contributed by atoms with Gasteiger partial charge in [0.2, 0.25) is 0 Å². The Hall–Kier alpha value is -2.63. The van der Waals surface area contributed by atoms with Crippen LogP contribution in [0.3, 0.4) is 0 Å². The lowest BCUT2D eigenvalue weighted by atomic mass is 10.2. The molecule has 1 saturated heterocycles. The number of hydrogen-bond acceptors (Lipinski definition) is 5. The highest BCUT2D eigenvalue weighted by Crippen LogP contribution is 2.19. The van der Waals surface area contributed by atoms with Crippen molar-refractivity contribution in [3.63, 3.8) is 0 Å². The van der Waals surface area contributed by atoms with Crippen LogP contribution in [0.1, 0.15) is 37.0 Å². The second-order valence-corrected chi connectivity index (χ2v) is 6.86. The molecular weight excluding hydrogens is 338 g/mol. The second-order valence-electron chi connectivity index (χ2n) is 6.86. The van der Waals surface area contributed by atoms with Crippen LogP contribution < -0.4 is 9.80 Å². The first-order chi connectivity index (χ1) is 13.2. The smallest absolute Gasteiger partial charge is 0.254 e. The van der Waals surface area contributed by atoms with Crippen LogP contribution >= 0.6 is 0 Å². The fraction of sp³-hybridized carbons (Fsp3) is 0.476. The Morgan fingerprint density at radius 3 is 2.15 bits per heavy atom. The number of nitrogens with zero attached hydrogens (tertiary/aromatic N) is 5. The molecule has 0 saturated carbocycles. The van der Waals surface area contributed by atoms with Gasteiger partial charge in [-0.2, -0.15) is 0 Å². The van der Waals surface area contributed by atoms with Gasteiger partial charge in [0, 0.05) is 57.2 Å². The molecule has 2 aromatic heterocycles. The number of rotatable bonds is 7. The Morgan fingerprint density at radius 1 is 0.926 bits per heavy atom. The number of hydrogen-bond donors (Lipinski definition) is 0. The summed E-state index contributed by atoms with van der Waals surface area (Å²) < 4.78 is 0. The van der Waals surface area contributed by atoms with Gasteiger partial charge in [-0.1, -0.05) is 19.9 Å². The lowest BCUT2D eigenvalue weighted by Gasteiger charge is -2.36. The topological polar surface area (TPSA) is 52.6 Å². The summed E-state index contributed by atoms with van der Waals surface area (Å²) in [6.07, 6.45) is 5.53. The zero-order valence-electron chi connectivity index (χ0n) is 16.3. The standard InChI is InChI=1S/C21H29N5O/c1-3-11-26(12-4-2)21(27)18-8-10-23-20(17-18)25-15-13-24(14-16-25)19-7-5-6-9-22-19/h5-10,17H,3-4,11-16H2,1-2H3. The van der Waals surface area contributed by atoms with Gasteiger partial charge in [-0.25, -0.2) is 9.97 Å². The van der Waals surface area contributed by atoms with Crippen molar-refractivity contribution in [2.45, 2.75) is 26.7 Å². The van der Waals surface area contributed by atoms with Gasteiger partial charge in [-0.05, 0) is 37.1 Å². The molecule has 3 heterocycles. The van der Waals surface area contributed by atoms with Crippen molar-refractivity contribution in [3.05, 3.63) is 48.3 Å². The van der Waals surface area contributed by atoms with Crippen molar-refractivity contribution >= 4 is 17.5 Å². The van der Waals surface area contributed by atoms with E-state index >= 15 is 0 Å². The summed E-state index contributed by atoms with van der Waals surface area (Å²) in [7, 11) is 0. The molecule has 0 spiro atoms. The molecule has 1 fully saturated rings. The van der Waals surface area contributed by atoms with Gasteiger partial charge >= 0.3 is 0 Å². The van der Waals surface area contributed by atoms with Gasteiger partial charge in [0.05, 0.1) is 0 Å². The number of anilines is 2. The highest BCUT2D eigenvalue weighted by atomic mass is 16.2. The van der Waals surface area contributed by atoms with E-state index in [0.717, 1.165) is 69.3 Å². The molecular formula is C21H29N5O. The molecule has 3 rings (SSSR count). The molecule has 2 aromatic rings. The number of carbonyl (C=O) groups is 1. The van der Waals surface area contributed by atoms with Gasteiger partial charge in [0.1, 0.15) is 11.6 Å². The SMILES string of the molecule is CCCN(CCC)C(=O)c1ccnc(N2CCN(c3ccccn3)CC2)c1. The Bertz CT molecular complexity index is 722. The summed E-state index contributed by atoms with van der Waals surface area (Å²) >= 11 is 0. The number of aromatic nitrogens is 2. The highest BCUT2D eigenvalue weighted by molar-refractivity contribution is 5.94. The Balaban J connectivity index is 1.66. The van der Waals surface area contributed by atoms with Crippen LogP contribution in [0.5, 0.6) is 0 Å². The summed E-state index contributed by atoms with van der Waals surface area (Å²) in [6.45, 7) is 9.34. The van der Waals surface area contributed by atoms with Crippen molar-refractivity contribution in [3.8, 4) is 0 Å². The van der Waals surface area contributed by atoms with Crippen molar-refractivity contribution in [2.75, 3.05) is 49.1 Å². The number of piperazine rings is 1.